The van der Waals surface area contributed by atoms with E-state index in [9.17, 15) is 9.59 Å². The fourth-order valence-corrected chi connectivity index (χ4v) is 5.22. The smallest absolute Gasteiger partial charge is 0.256 e. The molecule has 0 spiro atoms. The minimum absolute atomic E-state index is 0.0863. The monoisotopic (exact) mass is 414 g/mol. The Morgan fingerprint density at radius 3 is 2.86 bits per heavy atom. The third-order valence-electron chi connectivity index (χ3n) is 5.47. The molecule has 7 heteroatoms. The first-order valence-corrected chi connectivity index (χ1v) is 11.0. The Labute approximate surface area is 174 Å². The number of thiophene rings is 1. The third-order valence-corrected chi connectivity index (χ3v) is 6.68. The maximum atomic E-state index is 13.0. The highest BCUT2D eigenvalue weighted by molar-refractivity contribution is 7.17. The van der Waals surface area contributed by atoms with Crippen LogP contribution < -0.4 is 15.4 Å². The lowest BCUT2D eigenvalue weighted by molar-refractivity contribution is 0.0858. The van der Waals surface area contributed by atoms with Gasteiger partial charge in [0.1, 0.15) is 10.8 Å². The van der Waals surface area contributed by atoms with Gasteiger partial charge in [-0.05, 0) is 62.3 Å². The van der Waals surface area contributed by atoms with Crippen molar-refractivity contribution < 1.29 is 19.1 Å². The Balaban J connectivity index is 1.56. The van der Waals surface area contributed by atoms with E-state index < -0.39 is 0 Å². The molecule has 2 aromatic rings. The zero-order chi connectivity index (χ0) is 20.2. The Kier molecular flexibility index (Phi) is 6.16. The highest BCUT2D eigenvalue weighted by atomic mass is 32.1. The third kappa shape index (κ3) is 4.46. The van der Waals surface area contributed by atoms with E-state index in [1.165, 1.54) is 16.2 Å². The number of hydrogen-bond acceptors (Lipinski definition) is 5. The fraction of sp³-hybridized carbons (Fsp3) is 0.455. The predicted octanol–water partition coefficient (Wildman–Crippen LogP) is 3.80. The number of anilines is 1. The second kappa shape index (κ2) is 8.97. The van der Waals surface area contributed by atoms with E-state index in [0.717, 1.165) is 50.7 Å². The maximum absolute atomic E-state index is 13.0. The number of carbonyl (C=O) groups is 2. The molecule has 154 valence electrons. The summed E-state index contributed by atoms with van der Waals surface area (Å²) in [6.45, 7) is 1.27. The zero-order valence-electron chi connectivity index (χ0n) is 16.6. The number of methoxy groups -OCH3 is 1. The first kappa shape index (κ1) is 19.9. The number of rotatable bonds is 6. The molecule has 6 nitrogen and oxygen atoms in total. The Bertz CT molecular complexity index is 902. The van der Waals surface area contributed by atoms with E-state index in [-0.39, 0.29) is 17.9 Å². The number of aryl methyl sites for hydroxylation is 1. The average Bonchev–Trinajstić information content (AvgIpc) is 3.39. The molecule has 1 aromatic carbocycles. The van der Waals surface area contributed by atoms with Crippen molar-refractivity contribution >= 4 is 28.2 Å². The van der Waals surface area contributed by atoms with Gasteiger partial charge in [0.25, 0.3) is 11.8 Å². The van der Waals surface area contributed by atoms with Crippen molar-refractivity contribution in [1.82, 2.24) is 5.32 Å². The number of amides is 2. The highest BCUT2D eigenvalue weighted by Gasteiger charge is 2.27. The molecule has 1 aliphatic carbocycles. The molecule has 2 aliphatic rings. The molecule has 1 unspecified atom stereocenters. The van der Waals surface area contributed by atoms with Gasteiger partial charge in [-0.3, -0.25) is 9.59 Å². The summed E-state index contributed by atoms with van der Waals surface area (Å²) >= 11 is 1.53. The molecule has 0 bridgehead atoms. The highest BCUT2D eigenvalue weighted by Crippen LogP contribution is 2.38. The minimum Gasteiger partial charge on any atom is -0.497 e. The molecule has 2 heterocycles. The van der Waals surface area contributed by atoms with Gasteiger partial charge >= 0.3 is 0 Å². The molecule has 1 aliphatic heterocycles. The van der Waals surface area contributed by atoms with Gasteiger partial charge in [-0.25, -0.2) is 0 Å². The molecule has 1 aromatic heterocycles. The summed E-state index contributed by atoms with van der Waals surface area (Å²) in [5.41, 5.74) is 2.22. The average molecular weight is 415 g/mol. The van der Waals surface area contributed by atoms with Crippen LogP contribution in [0.5, 0.6) is 5.75 Å². The number of benzene rings is 1. The normalized spacial score (nSPS) is 18.2. The summed E-state index contributed by atoms with van der Waals surface area (Å²) in [5, 5.41) is 6.63. The fourth-order valence-electron chi connectivity index (χ4n) is 3.93. The molecular formula is C22H26N2O4S. The maximum Gasteiger partial charge on any atom is 0.256 e. The number of nitrogens with one attached hydrogen (secondary N) is 2. The quantitative estimate of drug-likeness (QED) is 0.754. The van der Waals surface area contributed by atoms with Gasteiger partial charge in [-0.2, -0.15) is 0 Å². The van der Waals surface area contributed by atoms with Gasteiger partial charge in [0.15, 0.2) is 0 Å². The molecule has 0 radical (unpaired) electrons. The number of hydrogen-bond donors (Lipinski definition) is 2. The van der Waals surface area contributed by atoms with Crippen LogP contribution in [0, 0.1) is 0 Å². The van der Waals surface area contributed by atoms with Crippen LogP contribution in [0.4, 0.5) is 5.00 Å². The van der Waals surface area contributed by atoms with Crippen LogP contribution in [-0.4, -0.2) is 38.2 Å². The molecule has 1 saturated heterocycles. The van der Waals surface area contributed by atoms with Crippen LogP contribution in [0.3, 0.4) is 0 Å². The van der Waals surface area contributed by atoms with Crippen LogP contribution >= 0.6 is 11.3 Å². The first-order chi connectivity index (χ1) is 14.2. The lowest BCUT2D eigenvalue weighted by Crippen LogP contribution is -2.32. The summed E-state index contributed by atoms with van der Waals surface area (Å²) in [6, 6.07) is 7.01. The molecule has 2 N–H and O–H groups in total. The van der Waals surface area contributed by atoms with Gasteiger partial charge in [0.2, 0.25) is 0 Å². The molecule has 2 amide bonds. The van der Waals surface area contributed by atoms with E-state index in [1.807, 2.05) is 0 Å². The summed E-state index contributed by atoms with van der Waals surface area (Å²) in [5.74, 6) is 0.258. The summed E-state index contributed by atoms with van der Waals surface area (Å²) in [7, 11) is 1.57. The SMILES string of the molecule is COc1cccc(C(=O)Nc2sc3c(c2C(=O)NCC2CCCO2)CCCC3)c1. The number of ether oxygens (including phenoxy) is 2. The summed E-state index contributed by atoms with van der Waals surface area (Å²) < 4.78 is 10.8. The second-order valence-electron chi connectivity index (χ2n) is 7.45. The molecule has 0 saturated carbocycles. The van der Waals surface area contributed by atoms with Gasteiger partial charge in [-0.15, -0.1) is 11.3 Å². The van der Waals surface area contributed by atoms with Gasteiger partial charge in [0, 0.05) is 23.6 Å². The Morgan fingerprint density at radius 2 is 2.07 bits per heavy atom. The number of carbonyl (C=O) groups excluding carboxylic acids is 2. The van der Waals surface area contributed by atoms with Crippen molar-refractivity contribution in [3.05, 3.63) is 45.8 Å². The molecule has 1 fully saturated rings. The van der Waals surface area contributed by atoms with Crippen LogP contribution in [-0.2, 0) is 17.6 Å². The zero-order valence-corrected chi connectivity index (χ0v) is 17.4. The van der Waals surface area contributed by atoms with Crippen molar-refractivity contribution in [3.63, 3.8) is 0 Å². The first-order valence-electron chi connectivity index (χ1n) is 10.2. The van der Waals surface area contributed by atoms with Crippen molar-refractivity contribution in [2.24, 2.45) is 0 Å². The largest absolute Gasteiger partial charge is 0.497 e. The van der Waals surface area contributed by atoms with E-state index >= 15 is 0 Å². The number of fused-ring (bicyclic) bond motifs is 1. The van der Waals surface area contributed by atoms with Crippen molar-refractivity contribution in [1.29, 1.82) is 0 Å². The standard InChI is InChI=1S/C22H26N2O4S/c1-27-15-7-4-6-14(12-15)20(25)24-22-19(17-9-2-3-10-18(17)29-22)21(26)23-13-16-8-5-11-28-16/h4,6-7,12,16H,2-3,5,8-11,13H2,1H3,(H,23,26)(H,24,25). The van der Waals surface area contributed by atoms with Crippen LogP contribution in [0.15, 0.2) is 24.3 Å². The van der Waals surface area contributed by atoms with Gasteiger partial charge in [-0.1, -0.05) is 6.07 Å². The van der Waals surface area contributed by atoms with E-state index in [4.69, 9.17) is 9.47 Å². The Morgan fingerprint density at radius 1 is 1.21 bits per heavy atom. The molecule has 29 heavy (non-hydrogen) atoms. The van der Waals surface area contributed by atoms with E-state index in [2.05, 4.69) is 10.6 Å². The van der Waals surface area contributed by atoms with Gasteiger partial charge < -0.3 is 20.1 Å². The predicted molar refractivity (Wildman–Crippen MR) is 113 cm³/mol. The van der Waals surface area contributed by atoms with E-state index in [0.29, 0.717) is 28.4 Å². The lowest BCUT2D eigenvalue weighted by Gasteiger charge is -2.15. The van der Waals surface area contributed by atoms with Crippen molar-refractivity contribution in [3.8, 4) is 5.75 Å². The second-order valence-corrected chi connectivity index (χ2v) is 8.55. The van der Waals surface area contributed by atoms with Crippen molar-refractivity contribution in [2.75, 3.05) is 25.6 Å². The van der Waals surface area contributed by atoms with Crippen molar-refractivity contribution in [2.45, 2.75) is 44.6 Å². The summed E-state index contributed by atoms with van der Waals surface area (Å²) in [6.07, 6.45) is 6.12. The molecular weight excluding hydrogens is 388 g/mol. The van der Waals surface area contributed by atoms with Gasteiger partial charge in [0.05, 0.1) is 18.8 Å². The molecule has 4 rings (SSSR count). The molecule has 1 atom stereocenters. The minimum atomic E-state index is -0.240. The summed E-state index contributed by atoms with van der Waals surface area (Å²) in [4.78, 5) is 27.1. The lowest BCUT2D eigenvalue weighted by atomic mass is 9.95. The van der Waals surface area contributed by atoms with Crippen LogP contribution in [0.2, 0.25) is 0 Å². The van der Waals surface area contributed by atoms with E-state index in [1.54, 1.807) is 31.4 Å². The van der Waals surface area contributed by atoms with Crippen LogP contribution in [0.25, 0.3) is 0 Å². The Hall–Kier alpha value is -2.38. The van der Waals surface area contributed by atoms with Crippen LogP contribution in [0.1, 0.15) is 56.8 Å². The topological polar surface area (TPSA) is 76.7 Å².